The van der Waals surface area contributed by atoms with Crippen LogP contribution in [0.3, 0.4) is 0 Å². The second kappa shape index (κ2) is 6.34. The van der Waals surface area contributed by atoms with Crippen LogP contribution in [0.2, 0.25) is 0 Å². The number of thioether (sulfide) groups is 1. The molecule has 0 aromatic rings. The first kappa shape index (κ1) is 10.9. The minimum absolute atomic E-state index is 0.224. The van der Waals surface area contributed by atoms with Crippen molar-refractivity contribution in [3.63, 3.8) is 0 Å². The van der Waals surface area contributed by atoms with Crippen LogP contribution in [-0.2, 0) is 0 Å². The molecular formula is C11H18OS. The maximum atomic E-state index is 9.52. The van der Waals surface area contributed by atoms with Crippen molar-refractivity contribution in [1.29, 1.82) is 0 Å². The lowest BCUT2D eigenvalue weighted by atomic mass is 10.3. The maximum Gasteiger partial charge on any atom is 0.0739 e. The highest BCUT2D eigenvalue weighted by atomic mass is 32.2. The highest BCUT2D eigenvalue weighted by molar-refractivity contribution is 7.99. The Hall–Kier alpha value is -0.130. The van der Waals surface area contributed by atoms with Gasteiger partial charge in [-0.15, -0.1) is 11.8 Å². The van der Waals surface area contributed by atoms with Gasteiger partial charge in [0, 0.05) is 17.4 Å². The predicted octanol–water partition coefficient (Wildman–Crippen LogP) is 2.44. The molecule has 1 aliphatic carbocycles. The van der Waals surface area contributed by atoms with E-state index in [2.05, 4.69) is 11.8 Å². The van der Waals surface area contributed by atoms with Gasteiger partial charge in [0.2, 0.25) is 0 Å². The molecule has 2 heteroatoms. The van der Waals surface area contributed by atoms with Gasteiger partial charge < -0.3 is 5.11 Å². The molecule has 1 atom stereocenters. The minimum Gasteiger partial charge on any atom is -0.391 e. The molecule has 0 aromatic carbocycles. The van der Waals surface area contributed by atoms with Crippen LogP contribution in [0, 0.1) is 11.8 Å². The van der Waals surface area contributed by atoms with Crippen molar-refractivity contribution in [1.82, 2.24) is 0 Å². The molecule has 1 unspecified atom stereocenters. The lowest BCUT2D eigenvalue weighted by Crippen LogP contribution is -2.11. The zero-order valence-electron chi connectivity index (χ0n) is 8.25. The van der Waals surface area contributed by atoms with Crippen LogP contribution in [-0.4, -0.2) is 22.2 Å². The molecule has 74 valence electrons. The van der Waals surface area contributed by atoms with E-state index in [1.54, 1.807) is 0 Å². The molecule has 1 fully saturated rings. The van der Waals surface area contributed by atoms with Crippen molar-refractivity contribution in [2.75, 3.05) is 5.75 Å². The zero-order chi connectivity index (χ0) is 9.52. The molecule has 1 aliphatic rings. The van der Waals surface area contributed by atoms with Gasteiger partial charge in [-0.1, -0.05) is 12.8 Å². The van der Waals surface area contributed by atoms with Crippen LogP contribution >= 0.6 is 11.8 Å². The second-order valence-electron chi connectivity index (χ2n) is 3.52. The third kappa shape index (κ3) is 4.59. The van der Waals surface area contributed by atoms with Crippen LogP contribution in [0.5, 0.6) is 0 Å². The number of rotatable bonds is 4. The van der Waals surface area contributed by atoms with Gasteiger partial charge >= 0.3 is 0 Å². The molecule has 13 heavy (non-hydrogen) atoms. The van der Waals surface area contributed by atoms with Crippen molar-refractivity contribution in [2.24, 2.45) is 0 Å². The first-order valence-electron chi connectivity index (χ1n) is 5.02. The summed E-state index contributed by atoms with van der Waals surface area (Å²) in [6, 6.07) is 0. The summed E-state index contributed by atoms with van der Waals surface area (Å²) in [5.74, 6) is 6.58. The van der Waals surface area contributed by atoms with E-state index in [0.717, 1.165) is 11.0 Å². The number of hydrogen-bond acceptors (Lipinski definition) is 2. The van der Waals surface area contributed by atoms with E-state index in [-0.39, 0.29) is 6.10 Å². The summed E-state index contributed by atoms with van der Waals surface area (Å²) in [6.07, 6.45) is 5.85. The van der Waals surface area contributed by atoms with Crippen molar-refractivity contribution >= 4 is 11.8 Å². The Labute approximate surface area is 85.3 Å². The zero-order valence-corrected chi connectivity index (χ0v) is 9.07. The van der Waals surface area contributed by atoms with Crippen molar-refractivity contribution < 1.29 is 5.11 Å². The molecule has 0 amide bonds. The first-order valence-corrected chi connectivity index (χ1v) is 6.07. The van der Waals surface area contributed by atoms with Crippen molar-refractivity contribution in [3.8, 4) is 11.8 Å². The molecule has 0 aliphatic heterocycles. The Morgan fingerprint density at radius 1 is 1.46 bits per heavy atom. The van der Waals surface area contributed by atoms with E-state index >= 15 is 0 Å². The molecule has 0 spiro atoms. The van der Waals surface area contributed by atoms with Crippen LogP contribution in [0.15, 0.2) is 0 Å². The Balaban J connectivity index is 2.05. The fourth-order valence-electron chi connectivity index (χ4n) is 1.58. The largest absolute Gasteiger partial charge is 0.391 e. The quantitative estimate of drug-likeness (QED) is 0.700. The minimum atomic E-state index is -0.224. The van der Waals surface area contributed by atoms with Crippen LogP contribution in [0.25, 0.3) is 0 Å². The monoisotopic (exact) mass is 198 g/mol. The van der Waals surface area contributed by atoms with E-state index in [4.69, 9.17) is 0 Å². The number of aliphatic hydroxyl groups is 1. The molecule has 0 aromatic heterocycles. The van der Waals surface area contributed by atoms with Crippen molar-refractivity contribution in [2.45, 2.75) is 50.4 Å². The van der Waals surface area contributed by atoms with Crippen LogP contribution < -0.4 is 0 Å². The molecular weight excluding hydrogens is 180 g/mol. The molecule has 0 bridgehead atoms. The molecule has 0 saturated heterocycles. The molecule has 1 saturated carbocycles. The van der Waals surface area contributed by atoms with Gasteiger partial charge in [0.25, 0.3) is 0 Å². The van der Waals surface area contributed by atoms with Gasteiger partial charge in [0.15, 0.2) is 0 Å². The average Bonchev–Trinajstić information content (AvgIpc) is 2.64. The standard InChI is InChI=1S/C11H18OS/c1-2-3-6-10(12)9-13-11-7-4-5-8-11/h10-12H,4-9H2,1H3. The fraction of sp³-hybridized carbons (Fsp3) is 0.818. The van der Waals surface area contributed by atoms with Gasteiger partial charge in [-0.3, -0.25) is 0 Å². The Bertz CT molecular complexity index is 186. The van der Waals surface area contributed by atoms with Gasteiger partial charge in [-0.2, -0.15) is 11.8 Å². The number of aliphatic hydroxyl groups excluding tert-OH is 1. The molecule has 0 heterocycles. The first-order chi connectivity index (χ1) is 6.33. The van der Waals surface area contributed by atoms with Gasteiger partial charge in [-0.25, -0.2) is 0 Å². The predicted molar refractivity (Wildman–Crippen MR) is 58.8 cm³/mol. The van der Waals surface area contributed by atoms with E-state index < -0.39 is 0 Å². The van der Waals surface area contributed by atoms with Gasteiger partial charge in [-0.05, 0) is 19.8 Å². The topological polar surface area (TPSA) is 20.2 Å². The van der Waals surface area contributed by atoms with E-state index in [0.29, 0.717) is 6.42 Å². The fourth-order valence-corrected chi connectivity index (χ4v) is 2.86. The molecule has 1 rings (SSSR count). The summed E-state index contributed by atoms with van der Waals surface area (Å²) in [7, 11) is 0. The summed E-state index contributed by atoms with van der Waals surface area (Å²) in [5.41, 5.74) is 0. The van der Waals surface area contributed by atoms with Crippen molar-refractivity contribution in [3.05, 3.63) is 0 Å². The van der Waals surface area contributed by atoms with Crippen LogP contribution in [0.4, 0.5) is 0 Å². The molecule has 1 N–H and O–H groups in total. The summed E-state index contributed by atoms with van der Waals surface area (Å²) >= 11 is 1.92. The number of hydrogen-bond donors (Lipinski definition) is 1. The van der Waals surface area contributed by atoms with E-state index in [1.807, 2.05) is 18.7 Å². The summed E-state index contributed by atoms with van der Waals surface area (Å²) < 4.78 is 0. The summed E-state index contributed by atoms with van der Waals surface area (Å²) in [4.78, 5) is 0. The molecule has 1 nitrogen and oxygen atoms in total. The summed E-state index contributed by atoms with van der Waals surface area (Å²) in [6.45, 7) is 1.82. The normalized spacial score (nSPS) is 19.5. The second-order valence-corrected chi connectivity index (χ2v) is 4.86. The summed E-state index contributed by atoms with van der Waals surface area (Å²) in [5, 5.41) is 10.3. The lowest BCUT2D eigenvalue weighted by Gasteiger charge is -2.11. The van der Waals surface area contributed by atoms with E-state index in [9.17, 15) is 5.11 Å². The lowest BCUT2D eigenvalue weighted by molar-refractivity contribution is 0.205. The van der Waals surface area contributed by atoms with E-state index in [1.165, 1.54) is 25.7 Å². The third-order valence-corrected chi connectivity index (χ3v) is 3.86. The highest BCUT2D eigenvalue weighted by Gasteiger charge is 2.16. The third-order valence-electron chi connectivity index (χ3n) is 2.34. The van der Waals surface area contributed by atoms with Gasteiger partial charge in [0.05, 0.1) is 6.10 Å². The highest BCUT2D eigenvalue weighted by Crippen LogP contribution is 2.29. The smallest absolute Gasteiger partial charge is 0.0739 e. The van der Waals surface area contributed by atoms with Gasteiger partial charge in [0.1, 0.15) is 0 Å². The Morgan fingerprint density at radius 2 is 2.15 bits per heavy atom. The Morgan fingerprint density at radius 3 is 2.77 bits per heavy atom. The maximum absolute atomic E-state index is 9.52. The molecule has 0 radical (unpaired) electrons. The Kier molecular flexibility index (Phi) is 5.34. The SMILES string of the molecule is CC#CCC(O)CSC1CCCC1. The van der Waals surface area contributed by atoms with Crippen LogP contribution in [0.1, 0.15) is 39.0 Å². The average molecular weight is 198 g/mol.